The second-order valence-corrected chi connectivity index (χ2v) is 15.0. The first-order valence-electron chi connectivity index (χ1n) is 19.8. The first-order valence-corrected chi connectivity index (χ1v) is 19.8. The highest BCUT2D eigenvalue weighted by Crippen LogP contribution is 2.38. The Balaban J connectivity index is 0.933. The third kappa shape index (κ3) is 7.20. The molecule has 0 spiro atoms. The van der Waals surface area contributed by atoms with Crippen LogP contribution in [0.5, 0.6) is 0 Å². The van der Waals surface area contributed by atoms with E-state index in [0.717, 1.165) is 29.0 Å². The molecule has 57 heavy (non-hydrogen) atoms. The molecule has 1 nitrogen and oxygen atoms in total. The summed E-state index contributed by atoms with van der Waals surface area (Å²) in [6.45, 7) is 0. The van der Waals surface area contributed by atoms with Gasteiger partial charge in [0.1, 0.15) is 0 Å². The Morgan fingerprint density at radius 3 is 1.23 bits per heavy atom. The molecule has 0 heterocycles. The quantitative estimate of drug-likeness (QED) is 0.134. The first kappa shape index (κ1) is 34.3. The maximum Gasteiger partial charge on any atom is 0.0468 e. The van der Waals surface area contributed by atoms with Crippen LogP contribution < -0.4 is 4.90 Å². The fraction of sp³-hybridized carbons (Fsp3) is 0.0357. The van der Waals surface area contributed by atoms with Gasteiger partial charge < -0.3 is 4.90 Å². The topological polar surface area (TPSA) is 3.24 Å². The van der Waals surface area contributed by atoms with Crippen molar-refractivity contribution in [3.63, 3.8) is 0 Å². The summed E-state index contributed by atoms with van der Waals surface area (Å²) in [5.74, 6) is 0.231. The molecule has 0 aliphatic heterocycles. The number of hydrogen-bond donors (Lipinski definition) is 0. The van der Waals surface area contributed by atoms with Crippen LogP contribution in [-0.2, 0) is 6.42 Å². The lowest BCUT2D eigenvalue weighted by Crippen LogP contribution is -2.09. The van der Waals surface area contributed by atoms with E-state index >= 15 is 0 Å². The van der Waals surface area contributed by atoms with Crippen molar-refractivity contribution in [2.45, 2.75) is 12.3 Å². The molecule has 0 amide bonds. The van der Waals surface area contributed by atoms with E-state index in [2.05, 4.69) is 235 Å². The van der Waals surface area contributed by atoms with Crippen molar-refractivity contribution in [3.05, 3.63) is 246 Å². The monoisotopic (exact) mass is 727 g/mol. The lowest BCUT2D eigenvalue weighted by Gasteiger charge is -2.26. The molecule has 10 aromatic rings. The van der Waals surface area contributed by atoms with Crippen LogP contribution in [0.25, 0.3) is 55.2 Å². The normalized spacial score (nSPS) is 12.1. The SMILES string of the molecule is C(=Cc1ccc(N(c2ccc3ccccc3c2)c2ccc3ccccc3c2)cc1)c1ccc(C(Cc2ccc3ccccc3c2)c2ccc3ccccc3c2)cc1. The average Bonchev–Trinajstić information content (AvgIpc) is 3.28. The maximum atomic E-state index is 2.37. The maximum absolute atomic E-state index is 2.37. The smallest absolute Gasteiger partial charge is 0.0468 e. The van der Waals surface area contributed by atoms with Gasteiger partial charge in [0.15, 0.2) is 0 Å². The van der Waals surface area contributed by atoms with Gasteiger partial charge in [-0.2, -0.15) is 0 Å². The minimum Gasteiger partial charge on any atom is -0.310 e. The summed E-state index contributed by atoms with van der Waals surface area (Å²) in [6, 6.07) is 79.8. The predicted molar refractivity (Wildman–Crippen MR) is 245 cm³/mol. The van der Waals surface area contributed by atoms with E-state index in [0.29, 0.717) is 0 Å². The molecule has 0 saturated carbocycles. The van der Waals surface area contributed by atoms with Gasteiger partial charge in [-0.05, 0) is 114 Å². The predicted octanol–water partition coefficient (Wildman–Crippen LogP) is 15.3. The minimum absolute atomic E-state index is 0.231. The van der Waals surface area contributed by atoms with Crippen molar-refractivity contribution >= 4 is 72.3 Å². The van der Waals surface area contributed by atoms with Crippen LogP contribution >= 0.6 is 0 Å². The molecule has 0 radical (unpaired) electrons. The molecule has 0 saturated heterocycles. The second-order valence-electron chi connectivity index (χ2n) is 15.0. The Labute approximate surface area is 334 Å². The van der Waals surface area contributed by atoms with E-state index in [1.165, 1.54) is 65.3 Å². The van der Waals surface area contributed by atoms with Gasteiger partial charge in [-0.25, -0.2) is 0 Å². The molecule has 0 bridgehead atoms. The zero-order chi connectivity index (χ0) is 38.0. The summed E-state index contributed by atoms with van der Waals surface area (Å²) in [5.41, 5.74) is 9.73. The summed E-state index contributed by atoms with van der Waals surface area (Å²) in [5, 5.41) is 10.0. The van der Waals surface area contributed by atoms with Gasteiger partial charge in [0, 0.05) is 23.0 Å². The Bertz CT molecular complexity index is 2970. The number of nitrogens with zero attached hydrogens (tertiary/aromatic N) is 1. The lowest BCUT2D eigenvalue weighted by molar-refractivity contribution is 0.807. The zero-order valence-corrected chi connectivity index (χ0v) is 31.7. The molecule has 1 heteroatoms. The van der Waals surface area contributed by atoms with E-state index in [-0.39, 0.29) is 5.92 Å². The molecule has 1 unspecified atom stereocenters. The number of rotatable bonds is 9. The zero-order valence-electron chi connectivity index (χ0n) is 31.7. The summed E-state index contributed by atoms with van der Waals surface area (Å²) in [6.07, 6.45) is 5.36. The molecular weight excluding hydrogens is 687 g/mol. The van der Waals surface area contributed by atoms with Crippen molar-refractivity contribution in [3.8, 4) is 0 Å². The van der Waals surface area contributed by atoms with Crippen molar-refractivity contribution in [2.75, 3.05) is 4.90 Å². The summed E-state index contributed by atoms with van der Waals surface area (Å²) < 4.78 is 0. The highest BCUT2D eigenvalue weighted by molar-refractivity contribution is 5.93. The number of anilines is 3. The summed E-state index contributed by atoms with van der Waals surface area (Å²) in [7, 11) is 0. The van der Waals surface area contributed by atoms with Gasteiger partial charge in [0.05, 0.1) is 0 Å². The van der Waals surface area contributed by atoms with Gasteiger partial charge in [-0.1, -0.05) is 194 Å². The van der Waals surface area contributed by atoms with E-state index in [4.69, 9.17) is 0 Å². The van der Waals surface area contributed by atoms with Crippen molar-refractivity contribution in [1.29, 1.82) is 0 Å². The molecule has 0 N–H and O–H groups in total. The highest BCUT2D eigenvalue weighted by Gasteiger charge is 2.17. The fourth-order valence-electron chi connectivity index (χ4n) is 8.30. The van der Waals surface area contributed by atoms with Crippen LogP contribution in [-0.4, -0.2) is 0 Å². The Morgan fingerprint density at radius 1 is 0.316 bits per heavy atom. The third-order valence-electron chi connectivity index (χ3n) is 11.4. The van der Waals surface area contributed by atoms with Gasteiger partial charge in [-0.15, -0.1) is 0 Å². The molecule has 0 aliphatic rings. The number of benzene rings is 10. The third-order valence-corrected chi connectivity index (χ3v) is 11.4. The van der Waals surface area contributed by atoms with Crippen LogP contribution in [0.3, 0.4) is 0 Å². The molecule has 1 atom stereocenters. The van der Waals surface area contributed by atoms with Gasteiger partial charge >= 0.3 is 0 Å². The van der Waals surface area contributed by atoms with Crippen LogP contribution in [0.15, 0.2) is 218 Å². The van der Waals surface area contributed by atoms with E-state index < -0.39 is 0 Å². The Kier molecular flexibility index (Phi) is 9.10. The van der Waals surface area contributed by atoms with E-state index in [1.807, 2.05) is 0 Å². The van der Waals surface area contributed by atoms with Crippen LogP contribution in [0.2, 0.25) is 0 Å². The van der Waals surface area contributed by atoms with Crippen molar-refractivity contribution in [1.82, 2.24) is 0 Å². The highest BCUT2D eigenvalue weighted by atomic mass is 15.1. The lowest BCUT2D eigenvalue weighted by atomic mass is 9.84. The number of fused-ring (bicyclic) bond motifs is 4. The minimum atomic E-state index is 0.231. The van der Waals surface area contributed by atoms with Gasteiger partial charge in [-0.3, -0.25) is 0 Å². The second kappa shape index (κ2) is 15.1. The molecule has 10 rings (SSSR count). The van der Waals surface area contributed by atoms with Crippen molar-refractivity contribution < 1.29 is 0 Å². The van der Waals surface area contributed by atoms with E-state index in [1.54, 1.807) is 0 Å². The fourth-order valence-corrected chi connectivity index (χ4v) is 8.30. The van der Waals surface area contributed by atoms with Crippen LogP contribution in [0.4, 0.5) is 17.1 Å². The van der Waals surface area contributed by atoms with Crippen molar-refractivity contribution in [2.24, 2.45) is 0 Å². The molecule has 0 aliphatic carbocycles. The number of hydrogen-bond acceptors (Lipinski definition) is 1. The Hall–Kier alpha value is -7.22. The van der Waals surface area contributed by atoms with Gasteiger partial charge in [0.2, 0.25) is 0 Å². The van der Waals surface area contributed by atoms with Crippen LogP contribution in [0.1, 0.15) is 33.7 Å². The molecular formula is C56H41N. The molecule has 270 valence electrons. The first-order chi connectivity index (χ1) is 28.2. The molecule has 0 fully saturated rings. The molecule has 0 aromatic heterocycles. The van der Waals surface area contributed by atoms with E-state index in [9.17, 15) is 0 Å². The average molecular weight is 728 g/mol. The van der Waals surface area contributed by atoms with Crippen LogP contribution in [0, 0.1) is 0 Å². The largest absolute Gasteiger partial charge is 0.310 e. The molecule has 10 aromatic carbocycles. The summed E-state index contributed by atoms with van der Waals surface area (Å²) >= 11 is 0. The Morgan fingerprint density at radius 2 is 0.702 bits per heavy atom. The standard InChI is InChI=1S/C56H41N/c1-5-13-48-35-42(21-24-43(48)9-1)36-56(52-28-27-44-10-2-6-14-49(44)37-52)47-25-19-40(20-26-47)17-18-41-22-31-53(32-23-41)57(54-33-29-45-11-3-7-15-50(45)38-54)55-34-30-46-12-4-8-16-51(46)39-55/h1-35,37-39,56H,36H2. The summed E-state index contributed by atoms with van der Waals surface area (Å²) in [4.78, 5) is 2.36. The van der Waals surface area contributed by atoms with Gasteiger partial charge in [0.25, 0.3) is 0 Å².